The molecule has 1 N–H and O–H groups in total. The zero-order chi connectivity index (χ0) is 18.7. The molecule has 138 valence electrons. The number of urea groups is 1. The average Bonchev–Trinajstić information content (AvgIpc) is 2.67. The van der Waals surface area contributed by atoms with E-state index in [0.29, 0.717) is 34.5 Å². The quantitative estimate of drug-likeness (QED) is 0.849. The van der Waals surface area contributed by atoms with E-state index in [1.165, 1.54) is 14.2 Å². The second kappa shape index (κ2) is 7.74. The lowest BCUT2D eigenvalue weighted by molar-refractivity contribution is 0.188. The summed E-state index contributed by atoms with van der Waals surface area (Å²) in [5.74, 6) is 1.64. The minimum Gasteiger partial charge on any atom is -0.495 e. The molecule has 0 saturated carbocycles. The summed E-state index contributed by atoms with van der Waals surface area (Å²) >= 11 is 6.19. The Morgan fingerprint density at radius 3 is 2.69 bits per heavy atom. The molecule has 1 aliphatic heterocycles. The topological polar surface area (TPSA) is 60.0 Å². The summed E-state index contributed by atoms with van der Waals surface area (Å²) in [4.78, 5) is 14.6. The first-order valence-corrected chi connectivity index (χ1v) is 8.70. The molecule has 0 spiro atoms. The van der Waals surface area contributed by atoms with Crippen molar-refractivity contribution in [2.45, 2.75) is 19.4 Å². The van der Waals surface area contributed by atoms with Crippen molar-refractivity contribution in [2.75, 3.05) is 31.0 Å². The van der Waals surface area contributed by atoms with Gasteiger partial charge < -0.3 is 19.5 Å². The maximum atomic E-state index is 13.0. The van der Waals surface area contributed by atoms with Gasteiger partial charge in [0.15, 0.2) is 0 Å². The number of fused-ring (bicyclic) bond motifs is 1. The monoisotopic (exact) mass is 376 g/mol. The summed E-state index contributed by atoms with van der Waals surface area (Å²) in [6, 6.07) is 10.5. The third-order valence-electron chi connectivity index (χ3n) is 4.25. The smallest absolute Gasteiger partial charge is 0.326 e. The van der Waals surface area contributed by atoms with Crippen LogP contribution in [0.2, 0.25) is 5.02 Å². The standard InChI is InChI=1S/C19H21ClN2O4/c1-4-12-11-22(15-7-5-6-8-16(15)26-12)19(23)21-14-9-13(20)17(24-2)10-18(14)25-3/h5-10,12H,4,11H2,1-3H3,(H,21,23)/t12-/m1/s1. The van der Waals surface area contributed by atoms with Crippen LogP contribution in [0.5, 0.6) is 17.2 Å². The number of amides is 2. The number of anilines is 2. The predicted molar refractivity (Wildman–Crippen MR) is 102 cm³/mol. The molecule has 2 aromatic rings. The summed E-state index contributed by atoms with van der Waals surface area (Å²) in [5.41, 5.74) is 1.20. The Morgan fingerprint density at radius 2 is 2.00 bits per heavy atom. The Kier molecular flexibility index (Phi) is 5.42. The van der Waals surface area contributed by atoms with Crippen LogP contribution < -0.4 is 24.4 Å². The molecule has 0 aliphatic carbocycles. The molecule has 6 nitrogen and oxygen atoms in total. The number of carbonyl (C=O) groups excluding carboxylic acids is 1. The first kappa shape index (κ1) is 18.2. The lowest BCUT2D eigenvalue weighted by atomic mass is 10.1. The maximum absolute atomic E-state index is 13.0. The zero-order valence-electron chi connectivity index (χ0n) is 14.9. The van der Waals surface area contributed by atoms with Crippen molar-refractivity contribution in [3.63, 3.8) is 0 Å². The third-order valence-corrected chi connectivity index (χ3v) is 4.55. The second-order valence-corrected chi connectivity index (χ2v) is 6.25. The van der Waals surface area contributed by atoms with E-state index >= 15 is 0 Å². The van der Waals surface area contributed by atoms with E-state index in [1.54, 1.807) is 17.0 Å². The van der Waals surface area contributed by atoms with Crippen molar-refractivity contribution < 1.29 is 19.0 Å². The first-order chi connectivity index (χ1) is 12.6. The van der Waals surface area contributed by atoms with Gasteiger partial charge in [0.05, 0.1) is 37.2 Å². The van der Waals surface area contributed by atoms with Gasteiger partial charge in [-0.1, -0.05) is 30.7 Å². The van der Waals surface area contributed by atoms with E-state index < -0.39 is 0 Å². The molecule has 0 radical (unpaired) electrons. The number of hydrogen-bond donors (Lipinski definition) is 1. The highest BCUT2D eigenvalue weighted by molar-refractivity contribution is 6.32. The summed E-state index contributed by atoms with van der Waals surface area (Å²) in [7, 11) is 3.05. The molecule has 1 heterocycles. The molecule has 0 unspecified atom stereocenters. The fourth-order valence-electron chi connectivity index (χ4n) is 2.84. The highest BCUT2D eigenvalue weighted by Gasteiger charge is 2.29. The van der Waals surface area contributed by atoms with E-state index in [4.69, 9.17) is 25.8 Å². The fraction of sp³-hybridized carbons (Fsp3) is 0.316. The molecule has 1 aliphatic rings. The van der Waals surface area contributed by atoms with Crippen LogP contribution in [0.15, 0.2) is 36.4 Å². The molecular weight excluding hydrogens is 356 g/mol. The van der Waals surface area contributed by atoms with Gasteiger partial charge in [0, 0.05) is 6.07 Å². The van der Waals surface area contributed by atoms with Gasteiger partial charge in [-0.2, -0.15) is 0 Å². The van der Waals surface area contributed by atoms with Crippen molar-refractivity contribution in [3.8, 4) is 17.2 Å². The summed E-state index contributed by atoms with van der Waals surface area (Å²) in [6.07, 6.45) is 0.743. The molecule has 26 heavy (non-hydrogen) atoms. The summed E-state index contributed by atoms with van der Waals surface area (Å²) < 4.78 is 16.5. The molecule has 0 bridgehead atoms. The highest BCUT2D eigenvalue weighted by Crippen LogP contribution is 2.37. The van der Waals surface area contributed by atoms with Gasteiger partial charge in [0.2, 0.25) is 0 Å². The van der Waals surface area contributed by atoms with Gasteiger partial charge >= 0.3 is 6.03 Å². The van der Waals surface area contributed by atoms with Crippen molar-refractivity contribution >= 4 is 29.0 Å². The van der Waals surface area contributed by atoms with Crippen LogP contribution in [-0.4, -0.2) is 32.9 Å². The van der Waals surface area contributed by atoms with Crippen molar-refractivity contribution in [3.05, 3.63) is 41.4 Å². The number of halogens is 1. The van der Waals surface area contributed by atoms with Crippen LogP contribution >= 0.6 is 11.6 Å². The molecule has 3 rings (SSSR count). The molecule has 0 saturated heterocycles. The lowest BCUT2D eigenvalue weighted by Crippen LogP contribution is -2.45. The van der Waals surface area contributed by atoms with Gasteiger partial charge in [0.25, 0.3) is 0 Å². The molecule has 2 aromatic carbocycles. The van der Waals surface area contributed by atoms with Gasteiger partial charge in [-0.15, -0.1) is 0 Å². The van der Waals surface area contributed by atoms with Crippen LogP contribution in [0, 0.1) is 0 Å². The van der Waals surface area contributed by atoms with E-state index in [0.717, 1.165) is 12.1 Å². The van der Waals surface area contributed by atoms with Gasteiger partial charge in [-0.3, -0.25) is 4.90 Å². The van der Waals surface area contributed by atoms with Crippen LogP contribution in [0.25, 0.3) is 0 Å². The first-order valence-electron chi connectivity index (χ1n) is 8.33. The number of benzene rings is 2. The summed E-state index contributed by atoms with van der Waals surface area (Å²) in [5, 5.41) is 3.26. The van der Waals surface area contributed by atoms with Crippen molar-refractivity contribution in [2.24, 2.45) is 0 Å². The Morgan fingerprint density at radius 1 is 1.27 bits per heavy atom. The number of carbonyl (C=O) groups is 1. The molecule has 1 atom stereocenters. The molecule has 0 fully saturated rings. The summed E-state index contributed by atoms with van der Waals surface area (Å²) in [6.45, 7) is 2.49. The number of nitrogens with one attached hydrogen (secondary N) is 1. The SMILES string of the molecule is CC[C@@H]1CN(C(=O)Nc2cc(Cl)c(OC)cc2OC)c2ccccc2O1. The normalized spacial score (nSPS) is 15.7. The largest absolute Gasteiger partial charge is 0.495 e. The minimum absolute atomic E-state index is 0.0583. The van der Waals surface area contributed by atoms with Crippen LogP contribution in [0.4, 0.5) is 16.2 Å². The Balaban J connectivity index is 1.90. The number of hydrogen-bond acceptors (Lipinski definition) is 4. The number of rotatable bonds is 4. The third kappa shape index (κ3) is 3.51. The fourth-order valence-corrected chi connectivity index (χ4v) is 3.08. The molecule has 0 aromatic heterocycles. The molecular formula is C19H21ClN2O4. The van der Waals surface area contributed by atoms with E-state index in [2.05, 4.69) is 5.32 Å². The van der Waals surface area contributed by atoms with E-state index in [9.17, 15) is 4.79 Å². The number of nitrogens with zero attached hydrogens (tertiary/aromatic N) is 1. The second-order valence-electron chi connectivity index (χ2n) is 5.84. The maximum Gasteiger partial charge on any atom is 0.326 e. The van der Waals surface area contributed by atoms with Gasteiger partial charge in [0.1, 0.15) is 23.4 Å². The Bertz CT molecular complexity index is 812. The molecule has 2 amide bonds. The van der Waals surface area contributed by atoms with E-state index in [1.807, 2.05) is 31.2 Å². The van der Waals surface area contributed by atoms with Crippen LogP contribution in [0.3, 0.4) is 0 Å². The highest BCUT2D eigenvalue weighted by atomic mass is 35.5. The average molecular weight is 377 g/mol. The molecule has 7 heteroatoms. The van der Waals surface area contributed by atoms with Gasteiger partial charge in [-0.05, 0) is 24.6 Å². The minimum atomic E-state index is -0.279. The zero-order valence-corrected chi connectivity index (χ0v) is 15.7. The Labute approximate surface area is 157 Å². The van der Waals surface area contributed by atoms with Gasteiger partial charge in [-0.25, -0.2) is 4.79 Å². The van der Waals surface area contributed by atoms with Crippen molar-refractivity contribution in [1.82, 2.24) is 0 Å². The van der Waals surface area contributed by atoms with E-state index in [-0.39, 0.29) is 12.1 Å². The van der Waals surface area contributed by atoms with Crippen LogP contribution in [0.1, 0.15) is 13.3 Å². The lowest BCUT2D eigenvalue weighted by Gasteiger charge is -2.34. The van der Waals surface area contributed by atoms with Crippen LogP contribution in [-0.2, 0) is 0 Å². The number of ether oxygens (including phenoxy) is 3. The predicted octanol–water partition coefficient (Wildman–Crippen LogP) is 4.57. The number of methoxy groups -OCH3 is 2. The Hall–Kier alpha value is -2.60. The van der Waals surface area contributed by atoms with Crippen molar-refractivity contribution in [1.29, 1.82) is 0 Å². The number of para-hydroxylation sites is 2.